The highest BCUT2D eigenvalue weighted by Gasteiger charge is 2.44. The Kier molecular flexibility index (Phi) is 2.99. The van der Waals surface area contributed by atoms with Gasteiger partial charge in [0.15, 0.2) is 5.82 Å². The Morgan fingerprint density at radius 2 is 2.31 bits per heavy atom. The van der Waals surface area contributed by atoms with Crippen molar-refractivity contribution in [3.8, 4) is 0 Å². The zero-order chi connectivity index (χ0) is 11.8. The Morgan fingerprint density at radius 3 is 2.88 bits per heavy atom. The fourth-order valence-corrected chi connectivity index (χ4v) is 1.84. The Bertz CT molecular complexity index is 364. The van der Waals surface area contributed by atoms with Gasteiger partial charge < -0.3 is 15.0 Å². The molecule has 2 heterocycles. The van der Waals surface area contributed by atoms with Crippen molar-refractivity contribution >= 4 is 0 Å². The first kappa shape index (κ1) is 11.5. The van der Waals surface area contributed by atoms with Crippen molar-refractivity contribution in [2.45, 2.75) is 38.6 Å². The molecule has 0 bridgehead atoms. The third kappa shape index (κ3) is 1.97. The first-order valence-electron chi connectivity index (χ1n) is 5.69. The van der Waals surface area contributed by atoms with Gasteiger partial charge in [0.2, 0.25) is 5.89 Å². The van der Waals surface area contributed by atoms with Crippen LogP contribution in [0.5, 0.6) is 0 Å². The molecule has 1 saturated heterocycles. The van der Waals surface area contributed by atoms with Crippen LogP contribution in [0.25, 0.3) is 0 Å². The highest BCUT2D eigenvalue weighted by Crippen LogP contribution is 2.30. The number of hydrogen-bond donors (Lipinski definition) is 1. The second-order valence-corrected chi connectivity index (χ2v) is 5.15. The van der Waals surface area contributed by atoms with E-state index in [0.29, 0.717) is 25.0 Å². The van der Waals surface area contributed by atoms with Gasteiger partial charge in [0.05, 0.1) is 18.6 Å². The van der Waals surface area contributed by atoms with E-state index in [1.165, 1.54) is 0 Å². The average molecular weight is 225 g/mol. The minimum absolute atomic E-state index is 0.0696. The topological polar surface area (TPSA) is 74.2 Å². The summed E-state index contributed by atoms with van der Waals surface area (Å²) in [4.78, 5) is 4.42. The summed E-state index contributed by atoms with van der Waals surface area (Å²) in [6, 6.07) is -0.0696. The first-order valence-corrected chi connectivity index (χ1v) is 5.69. The summed E-state index contributed by atoms with van der Waals surface area (Å²) in [6.07, 6.45) is 0.829. The molecule has 1 aromatic rings. The van der Waals surface area contributed by atoms with Gasteiger partial charge >= 0.3 is 0 Å². The van der Waals surface area contributed by atoms with Crippen molar-refractivity contribution < 1.29 is 9.26 Å². The molecule has 2 rings (SSSR count). The Labute approximate surface area is 95.3 Å². The molecule has 2 N–H and O–H groups in total. The Morgan fingerprint density at radius 1 is 1.56 bits per heavy atom. The SMILES string of the molecule is CC(C)Cc1noc(C2(C)COCC2N)n1. The molecule has 90 valence electrons. The van der Waals surface area contributed by atoms with Gasteiger partial charge in [0, 0.05) is 12.5 Å². The van der Waals surface area contributed by atoms with Crippen LogP contribution in [0.4, 0.5) is 0 Å². The maximum atomic E-state index is 6.00. The van der Waals surface area contributed by atoms with E-state index in [2.05, 4.69) is 24.0 Å². The van der Waals surface area contributed by atoms with Gasteiger partial charge in [-0.1, -0.05) is 19.0 Å². The monoisotopic (exact) mass is 225 g/mol. The normalized spacial score (nSPS) is 30.2. The molecule has 1 aliphatic rings. The second kappa shape index (κ2) is 4.14. The van der Waals surface area contributed by atoms with Crippen LogP contribution in [0.2, 0.25) is 0 Å². The largest absolute Gasteiger partial charge is 0.379 e. The van der Waals surface area contributed by atoms with Gasteiger partial charge in [-0.2, -0.15) is 4.98 Å². The quantitative estimate of drug-likeness (QED) is 0.826. The van der Waals surface area contributed by atoms with E-state index in [9.17, 15) is 0 Å². The van der Waals surface area contributed by atoms with E-state index in [-0.39, 0.29) is 11.5 Å². The lowest BCUT2D eigenvalue weighted by Crippen LogP contribution is -2.42. The molecule has 2 atom stereocenters. The van der Waals surface area contributed by atoms with Crippen LogP contribution in [-0.2, 0) is 16.6 Å². The third-order valence-corrected chi connectivity index (χ3v) is 3.07. The molecule has 0 amide bonds. The first-order chi connectivity index (χ1) is 7.52. The molecule has 16 heavy (non-hydrogen) atoms. The second-order valence-electron chi connectivity index (χ2n) is 5.15. The molecule has 0 aromatic carbocycles. The van der Waals surface area contributed by atoms with Gasteiger partial charge in [0.1, 0.15) is 0 Å². The van der Waals surface area contributed by atoms with Gasteiger partial charge in [-0.05, 0) is 12.8 Å². The Balaban J connectivity index is 2.18. The van der Waals surface area contributed by atoms with Crippen LogP contribution >= 0.6 is 0 Å². The van der Waals surface area contributed by atoms with Gasteiger partial charge in [0.25, 0.3) is 0 Å². The zero-order valence-corrected chi connectivity index (χ0v) is 10.1. The van der Waals surface area contributed by atoms with E-state index in [4.69, 9.17) is 15.0 Å². The van der Waals surface area contributed by atoms with Crippen LogP contribution in [0.3, 0.4) is 0 Å². The van der Waals surface area contributed by atoms with Crippen LogP contribution in [-0.4, -0.2) is 29.4 Å². The molecule has 0 radical (unpaired) electrons. The molecule has 1 fully saturated rings. The van der Waals surface area contributed by atoms with Crippen LogP contribution in [0, 0.1) is 5.92 Å². The van der Waals surface area contributed by atoms with E-state index in [1.54, 1.807) is 0 Å². The lowest BCUT2D eigenvalue weighted by molar-refractivity contribution is 0.169. The molecular weight excluding hydrogens is 206 g/mol. The van der Waals surface area contributed by atoms with Crippen LogP contribution < -0.4 is 5.73 Å². The maximum absolute atomic E-state index is 6.00. The minimum Gasteiger partial charge on any atom is -0.379 e. The van der Waals surface area contributed by atoms with Crippen molar-refractivity contribution in [2.24, 2.45) is 11.7 Å². The summed E-state index contributed by atoms with van der Waals surface area (Å²) in [7, 11) is 0. The zero-order valence-electron chi connectivity index (χ0n) is 10.1. The number of ether oxygens (including phenoxy) is 1. The summed E-state index contributed by atoms with van der Waals surface area (Å²) >= 11 is 0. The fraction of sp³-hybridized carbons (Fsp3) is 0.818. The number of nitrogens with two attached hydrogens (primary N) is 1. The molecule has 1 aromatic heterocycles. The smallest absolute Gasteiger partial charge is 0.236 e. The summed E-state index contributed by atoms with van der Waals surface area (Å²) in [6.45, 7) is 7.37. The fourth-order valence-electron chi connectivity index (χ4n) is 1.84. The van der Waals surface area contributed by atoms with Crippen LogP contribution in [0.15, 0.2) is 4.52 Å². The van der Waals surface area contributed by atoms with Gasteiger partial charge in [-0.25, -0.2) is 0 Å². The molecular formula is C11H19N3O2. The van der Waals surface area contributed by atoms with Crippen molar-refractivity contribution in [3.05, 3.63) is 11.7 Å². The van der Waals surface area contributed by atoms with Crippen molar-refractivity contribution in [3.63, 3.8) is 0 Å². The highest BCUT2D eigenvalue weighted by molar-refractivity contribution is 5.11. The molecule has 0 aliphatic carbocycles. The number of aromatic nitrogens is 2. The van der Waals surface area contributed by atoms with E-state index >= 15 is 0 Å². The number of hydrogen-bond acceptors (Lipinski definition) is 5. The van der Waals surface area contributed by atoms with Crippen molar-refractivity contribution in [1.82, 2.24) is 10.1 Å². The number of rotatable bonds is 3. The average Bonchev–Trinajstić information content (AvgIpc) is 2.75. The summed E-state index contributed by atoms with van der Waals surface area (Å²) in [5.74, 6) is 1.88. The predicted molar refractivity (Wildman–Crippen MR) is 59.0 cm³/mol. The van der Waals surface area contributed by atoms with E-state index < -0.39 is 0 Å². The lowest BCUT2D eigenvalue weighted by Gasteiger charge is -2.21. The third-order valence-electron chi connectivity index (χ3n) is 3.07. The molecule has 0 spiro atoms. The highest BCUT2D eigenvalue weighted by atomic mass is 16.5. The van der Waals surface area contributed by atoms with Crippen LogP contribution in [0.1, 0.15) is 32.5 Å². The predicted octanol–water partition coefficient (Wildman–Crippen LogP) is 0.883. The van der Waals surface area contributed by atoms with Crippen molar-refractivity contribution in [1.29, 1.82) is 0 Å². The molecule has 0 saturated carbocycles. The van der Waals surface area contributed by atoms with Gasteiger partial charge in [-0.15, -0.1) is 0 Å². The molecule has 5 nitrogen and oxygen atoms in total. The molecule has 5 heteroatoms. The van der Waals surface area contributed by atoms with E-state index in [0.717, 1.165) is 12.2 Å². The van der Waals surface area contributed by atoms with Crippen molar-refractivity contribution in [2.75, 3.05) is 13.2 Å². The molecule has 1 aliphatic heterocycles. The summed E-state index contributed by atoms with van der Waals surface area (Å²) in [5.41, 5.74) is 5.67. The molecule has 2 unspecified atom stereocenters. The van der Waals surface area contributed by atoms with Gasteiger partial charge in [-0.3, -0.25) is 0 Å². The minimum atomic E-state index is -0.331. The standard InChI is InChI=1S/C11H19N3O2/c1-7(2)4-9-13-10(16-14-9)11(3)6-15-5-8(11)12/h7-8H,4-6,12H2,1-3H3. The Hall–Kier alpha value is -0.940. The van der Waals surface area contributed by atoms with E-state index in [1.807, 2.05) is 6.92 Å². The lowest BCUT2D eigenvalue weighted by atomic mass is 9.86. The summed E-state index contributed by atoms with van der Waals surface area (Å²) in [5, 5.41) is 3.98. The summed E-state index contributed by atoms with van der Waals surface area (Å²) < 4.78 is 10.7. The maximum Gasteiger partial charge on any atom is 0.236 e. The number of nitrogens with zero attached hydrogens (tertiary/aromatic N) is 2.